The number of halogens is 2. The second-order valence-corrected chi connectivity index (χ2v) is 4.92. The van der Waals surface area contributed by atoms with Crippen molar-refractivity contribution in [3.63, 3.8) is 0 Å². The van der Waals surface area contributed by atoms with Crippen LogP contribution < -0.4 is 0 Å². The van der Waals surface area contributed by atoms with Gasteiger partial charge in [-0.2, -0.15) is 0 Å². The predicted molar refractivity (Wildman–Crippen MR) is 55.4 cm³/mol. The van der Waals surface area contributed by atoms with E-state index in [1.165, 1.54) is 13.0 Å². The normalized spacial score (nSPS) is 16.2. The van der Waals surface area contributed by atoms with Crippen LogP contribution in [0.25, 0.3) is 0 Å². The quantitative estimate of drug-likeness (QED) is 0.761. The maximum absolute atomic E-state index is 13.5. The molecule has 1 nitrogen and oxygen atoms in total. The van der Waals surface area contributed by atoms with Crippen LogP contribution in [0.15, 0.2) is 18.2 Å². The van der Waals surface area contributed by atoms with Crippen molar-refractivity contribution in [2.75, 3.05) is 0 Å². The van der Waals surface area contributed by atoms with Gasteiger partial charge in [0.1, 0.15) is 11.6 Å². The van der Waals surface area contributed by atoms with Gasteiger partial charge in [-0.15, -0.1) is 0 Å². The van der Waals surface area contributed by atoms with Gasteiger partial charge < -0.3 is 5.11 Å². The van der Waals surface area contributed by atoms with Gasteiger partial charge >= 0.3 is 0 Å². The zero-order valence-electron chi connectivity index (χ0n) is 9.44. The number of rotatable bonds is 1. The molecule has 0 fully saturated rings. The minimum atomic E-state index is -1.54. The van der Waals surface area contributed by atoms with Gasteiger partial charge in [0.25, 0.3) is 0 Å². The molecule has 15 heavy (non-hydrogen) atoms. The summed E-state index contributed by atoms with van der Waals surface area (Å²) in [7, 11) is 0. The van der Waals surface area contributed by atoms with E-state index in [1.54, 1.807) is 20.8 Å². The fraction of sp³-hybridized carbons (Fsp3) is 0.500. The molecule has 84 valence electrons. The fourth-order valence-corrected chi connectivity index (χ4v) is 1.34. The van der Waals surface area contributed by atoms with Crippen molar-refractivity contribution < 1.29 is 13.9 Å². The second-order valence-electron chi connectivity index (χ2n) is 4.92. The Morgan fingerprint density at radius 3 is 1.73 bits per heavy atom. The van der Waals surface area contributed by atoms with E-state index in [0.717, 1.165) is 12.1 Å². The lowest BCUT2D eigenvalue weighted by molar-refractivity contribution is -0.0525. The molecule has 0 aliphatic heterocycles. The Labute approximate surface area is 88.7 Å². The molecule has 0 amide bonds. The van der Waals surface area contributed by atoms with E-state index >= 15 is 0 Å². The molecule has 1 atom stereocenters. The Balaban J connectivity index is 3.39. The molecule has 1 unspecified atom stereocenters. The Morgan fingerprint density at radius 1 is 1.00 bits per heavy atom. The first-order valence-electron chi connectivity index (χ1n) is 4.85. The summed E-state index contributed by atoms with van der Waals surface area (Å²) in [5, 5.41) is 10.2. The zero-order valence-corrected chi connectivity index (χ0v) is 9.44. The third kappa shape index (κ3) is 2.02. The van der Waals surface area contributed by atoms with Crippen LogP contribution >= 0.6 is 0 Å². The lowest BCUT2D eigenvalue weighted by Crippen LogP contribution is -2.38. The van der Waals surface area contributed by atoms with Crippen molar-refractivity contribution in [1.82, 2.24) is 0 Å². The van der Waals surface area contributed by atoms with E-state index < -0.39 is 22.7 Å². The lowest BCUT2D eigenvalue weighted by Gasteiger charge is -2.37. The maximum Gasteiger partial charge on any atom is 0.132 e. The van der Waals surface area contributed by atoms with Crippen LogP contribution in [-0.4, -0.2) is 5.11 Å². The summed E-state index contributed by atoms with van der Waals surface area (Å²) in [4.78, 5) is 0. The third-order valence-electron chi connectivity index (χ3n) is 2.91. The molecule has 0 saturated heterocycles. The molecule has 0 bridgehead atoms. The molecule has 0 saturated carbocycles. The average Bonchev–Trinajstić information content (AvgIpc) is 2.00. The van der Waals surface area contributed by atoms with Crippen LogP contribution in [0.2, 0.25) is 0 Å². The van der Waals surface area contributed by atoms with Crippen LogP contribution in [0.1, 0.15) is 33.3 Å². The van der Waals surface area contributed by atoms with Gasteiger partial charge in [0.05, 0.1) is 11.2 Å². The fourth-order valence-electron chi connectivity index (χ4n) is 1.34. The minimum Gasteiger partial charge on any atom is -0.385 e. The highest BCUT2D eigenvalue weighted by atomic mass is 19.1. The van der Waals surface area contributed by atoms with E-state index in [-0.39, 0.29) is 5.56 Å². The third-order valence-corrected chi connectivity index (χ3v) is 2.91. The van der Waals surface area contributed by atoms with Crippen molar-refractivity contribution in [2.24, 2.45) is 5.41 Å². The van der Waals surface area contributed by atoms with Crippen molar-refractivity contribution in [2.45, 2.75) is 33.3 Å². The summed E-state index contributed by atoms with van der Waals surface area (Å²) >= 11 is 0. The SMILES string of the molecule is CC(C)(C)C(C)(O)c1c(F)cccc1F. The zero-order chi connectivity index (χ0) is 11.9. The van der Waals surface area contributed by atoms with Crippen LogP contribution in [0.3, 0.4) is 0 Å². The Morgan fingerprint density at radius 2 is 1.40 bits per heavy atom. The molecule has 0 aliphatic carbocycles. The van der Waals surface area contributed by atoms with Crippen LogP contribution in [-0.2, 0) is 5.60 Å². The first-order valence-corrected chi connectivity index (χ1v) is 4.85. The first kappa shape index (κ1) is 12.1. The topological polar surface area (TPSA) is 20.2 Å². The first-order chi connectivity index (χ1) is 6.68. The van der Waals surface area contributed by atoms with E-state index in [9.17, 15) is 13.9 Å². The lowest BCUT2D eigenvalue weighted by atomic mass is 9.73. The summed E-state index contributed by atoms with van der Waals surface area (Å²) in [6.45, 7) is 6.63. The molecule has 1 rings (SSSR count). The van der Waals surface area contributed by atoms with E-state index in [4.69, 9.17) is 0 Å². The number of aliphatic hydroxyl groups is 1. The number of hydrogen-bond donors (Lipinski definition) is 1. The Kier molecular flexibility index (Phi) is 2.88. The van der Waals surface area contributed by atoms with E-state index in [2.05, 4.69) is 0 Å². The number of benzene rings is 1. The molecule has 0 spiro atoms. The van der Waals surface area contributed by atoms with E-state index in [1.807, 2.05) is 0 Å². The molecule has 1 aromatic carbocycles. The largest absolute Gasteiger partial charge is 0.385 e. The van der Waals surface area contributed by atoms with Gasteiger partial charge in [0.15, 0.2) is 0 Å². The number of hydrogen-bond acceptors (Lipinski definition) is 1. The van der Waals surface area contributed by atoms with Gasteiger partial charge in [0.2, 0.25) is 0 Å². The van der Waals surface area contributed by atoms with Gasteiger partial charge in [-0.1, -0.05) is 26.8 Å². The summed E-state index contributed by atoms with van der Waals surface area (Å²) in [6.07, 6.45) is 0. The van der Waals surface area contributed by atoms with Crippen molar-refractivity contribution in [1.29, 1.82) is 0 Å². The average molecular weight is 214 g/mol. The standard InChI is InChI=1S/C12H16F2O/c1-11(2,3)12(4,15)10-8(13)6-5-7-9(10)14/h5-7,15H,1-4H3. The van der Waals surface area contributed by atoms with Crippen LogP contribution in [0.4, 0.5) is 8.78 Å². The van der Waals surface area contributed by atoms with Gasteiger partial charge in [0, 0.05) is 0 Å². The Hall–Kier alpha value is -0.960. The summed E-state index contributed by atoms with van der Waals surface area (Å²) in [6, 6.07) is 3.59. The van der Waals surface area contributed by atoms with Crippen molar-refractivity contribution in [3.8, 4) is 0 Å². The maximum atomic E-state index is 13.5. The second kappa shape index (κ2) is 3.56. The highest BCUT2D eigenvalue weighted by Gasteiger charge is 2.40. The summed E-state index contributed by atoms with van der Waals surface area (Å²) < 4.78 is 27.0. The van der Waals surface area contributed by atoms with Crippen molar-refractivity contribution in [3.05, 3.63) is 35.4 Å². The molecule has 3 heteroatoms. The van der Waals surface area contributed by atoms with Crippen LogP contribution in [0.5, 0.6) is 0 Å². The van der Waals surface area contributed by atoms with Crippen molar-refractivity contribution >= 4 is 0 Å². The molecular weight excluding hydrogens is 198 g/mol. The van der Waals surface area contributed by atoms with E-state index in [0.29, 0.717) is 0 Å². The molecule has 1 N–H and O–H groups in total. The Bertz CT molecular complexity index is 344. The molecule has 0 aliphatic rings. The summed E-state index contributed by atoms with van der Waals surface area (Å²) in [5.41, 5.74) is -2.45. The molecule has 0 aromatic heterocycles. The molecule has 0 radical (unpaired) electrons. The highest BCUT2D eigenvalue weighted by Crippen LogP contribution is 2.40. The molecule has 0 heterocycles. The van der Waals surface area contributed by atoms with Gasteiger partial charge in [-0.05, 0) is 24.5 Å². The smallest absolute Gasteiger partial charge is 0.132 e. The van der Waals surface area contributed by atoms with Gasteiger partial charge in [-0.3, -0.25) is 0 Å². The monoisotopic (exact) mass is 214 g/mol. The summed E-state index contributed by atoms with van der Waals surface area (Å²) in [5.74, 6) is -1.43. The molecule has 1 aromatic rings. The van der Waals surface area contributed by atoms with Gasteiger partial charge in [-0.25, -0.2) is 8.78 Å². The molecular formula is C12H16F2O. The van der Waals surface area contributed by atoms with Crippen LogP contribution in [0, 0.1) is 17.0 Å². The predicted octanol–water partition coefficient (Wildman–Crippen LogP) is 3.22. The highest BCUT2D eigenvalue weighted by molar-refractivity contribution is 5.27. The minimum absolute atomic E-state index is 0.266.